The van der Waals surface area contributed by atoms with Crippen LogP contribution in [0.5, 0.6) is 0 Å². The maximum atomic E-state index is 11.2. The second-order valence-electron chi connectivity index (χ2n) is 3.26. The van der Waals surface area contributed by atoms with Gasteiger partial charge in [-0.15, -0.1) is 0 Å². The van der Waals surface area contributed by atoms with E-state index in [1.54, 1.807) is 0 Å². The summed E-state index contributed by atoms with van der Waals surface area (Å²) in [6.45, 7) is -0.564. The summed E-state index contributed by atoms with van der Waals surface area (Å²) in [6, 6.07) is 0. The lowest BCUT2D eigenvalue weighted by Gasteiger charge is -2.06. The van der Waals surface area contributed by atoms with E-state index in [9.17, 15) is 4.57 Å². The first-order valence-corrected chi connectivity index (χ1v) is 7.68. The van der Waals surface area contributed by atoms with E-state index < -0.39 is 6.72 Å². The molecule has 2 nitrogen and oxygen atoms in total. The zero-order valence-electron chi connectivity index (χ0n) is 8.59. The van der Waals surface area contributed by atoms with Gasteiger partial charge in [0.2, 0.25) is 0 Å². The van der Waals surface area contributed by atoms with Crippen molar-refractivity contribution in [3.05, 3.63) is 0 Å². The van der Waals surface area contributed by atoms with Crippen LogP contribution in [0.1, 0.15) is 45.4 Å². The zero-order chi connectivity index (χ0) is 10.2. The molecule has 80 valence electrons. The lowest BCUT2D eigenvalue weighted by molar-refractivity contribution is 0.406. The summed E-state index contributed by atoms with van der Waals surface area (Å²) in [5, 5.41) is 0. The summed E-state index contributed by atoms with van der Waals surface area (Å²) >= 11 is 5.59. The van der Waals surface area contributed by atoms with Crippen molar-refractivity contribution in [2.45, 2.75) is 45.4 Å². The van der Waals surface area contributed by atoms with Crippen LogP contribution in [0.25, 0.3) is 0 Å². The van der Waals surface area contributed by atoms with Crippen LogP contribution in [-0.2, 0) is 9.09 Å². The Balaban J connectivity index is 3.21. The fourth-order valence-electron chi connectivity index (χ4n) is 1.17. The van der Waals surface area contributed by atoms with Crippen molar-refractivity contribution < 1.29 is 9.09 Å². The molecule has 0 saturated carbocycles. The van der Waals surface area contributed by atoms with Crippen LogP contribution in [0, 0.1) is 0 Å². The van der Waals surface area contributed by atoms with Gasteiger partial charge in [0.15, 0.2) is 0 Å². The minimum atomic E-state index is -2.76. The molecule has 0 heterocycles. The van der Waals surface area contributed by atoms with Gasteiger partial charge in [-0.25, -0.2) is 0 Å². The highest BCUT2D eigenvalue weighted by molar-refractivity contribution is 7.85. The molecule has 0 aliphatic carbocycles. The number of hydrogen-bond acceptors (Lipinski definition) is 2. The maximum absolute atomic E-state index is 11.2. The van der Waals surface area contributed by atoms with Gasteiger partial charge in [0.1, 0.15) is 0 Å². The molecule has 0 aromatic carbocycles. The maximum Gasteiger partial charge on any atom is 0.289 e. The van der Waals surface area contributed by atoms with Gasteiger partial charge in [-0.2, -0.15) is 0 Å². The van der Waals surface area contributed by atoms with Gasteiger partial charge in [0.25, 0.3) is 6.72 Å². The van der Waals surface area contributed by atoms with Gasteiger partial charge in [-0.05, 0) is 17.7 Å². The Morgan fingerprint density at radius 1 is 1.15 bits per heavy atom. The second-order valence-corrected chi connectivity index (χ2v) is 6.80. The number of unbranched alkanes of at least 4 members (excludes halogenated alkanes) is 5. The molecule has 0 saturated heterocycles. The molecule has 0 aliphatic rings. The number of hydrogen-bond donors (Lipinski definition) is 0. The third-order valence-electron chi connectivity index (χ3n) is 2.05. The SMILES string of the molecule is CCCCCCCCP(=O)(Cl)OC. The molecule has 0 amide bonds. The van der Waals surface area contributed by atoms with Crippen LogP contribution < -0.4 is 0 Å². The fourth-order valence-corrected chi connectivity index (χ4v) is 2.31. The molecule has 0 aromatic heterocycles. The Kier molecular flexibility index (Phi) is 8.13. The van der Waals surface area contributed by atoms with E-state index in [2.05, 4.69) is 11.4 Å². The summed E-state index contributed by atoms with van der Waals surface area (Å²) in [7, 11) is 1.41. The molecule has 1 unspecified atom stereocenters. The van der Waals surface area contributed by atoms with Gasteiger partial charge >= 0.3 is 0 Å². The molecular formula is C9H20ClO2P. The van der Waals surface area contributed by atoms with Crippen LogP contribution in [0.3, 0.4) is 0 Å². The highest BCUT2D eigenvalue weighted by Gasteiger charge is 2.15. The Morgan fingerprint density at radius 3 is 2.23 bits per heavy atom. The molecule has 13 heavy (non-hydrogen) atoms. The first-order valence-electron chi connectivity index (χ1n) is 4.97. The Morgan fingerprint density at radius 2 is 1.69 bits per heavy atom. The molecule has 0 fully saturated rings. The molecule has 0 rings (SSSR count). The zero-order valence-corrected chi connectivity index (χ0v) is 10.2. The lowest BCUT2D eigenvalue weighted by atomic mass is 10.1. The predicted molar refractivity (Wildman–Crippen MR) is 58.7 cm³/mol. The molecule has 0 bridgehead atoms. The third kappa shape index (κ3) is 8.80. The van der Waals surface area contributed by atoms with Crippen molar-refractivity contribution in [1.82, 2.24) is 0 Å². The molecule has 0 aliphatic heterocycles. The van der Waals surface area contributed by atoms with E-state index in [1.165, 1.54) is 32.8 Å². The quantitative estimate of drug-likeness (QED) is 0.452. The average molecular weight is 227 g/mol. The molecule has 0 spiro atoms. The standard InChI is InChI=1S/C9H20ClO2P/c1-3-4-5-6-7-8-9-13(10,11)12-2/h3-9H2,1-2H3. The largest absolute Gasteiger partial charge is 0.321 e. The summed E-state index contributed by atoms with van der Waals surface area (Å²) in [5.41, 5.74) is 0. The van der Waals surface area contributed by atoms with E-state index in [1.807, 2.05) is 0 Å². The molecular weight excluding hydrogens is 207 g/mol. The normalized spacial score (nSPS) is 15.6. The minimum Gasteiger partial charge on any atom is -0.321 e. The van der Waals surface area contributed by atoms with Gasteiger partial charge in [0, 0.05) is 13.3 Å². The van der Waals surface area contributed by atoms with Crippen LogP contribution in [0.15, 0.2) is 0 Å². The van der Waals surface area contributed by atoms with Crippen molar-refractivity contribution in [2.24, 2.45) is 0 Å². The van der Waals surface area contributed by atoms with E-state index in [0.29, 0.717) is 6.16 Å². The van der Waals surface area contributed by atoms with Gasteiger partial charge in [-0.1, -0.05) is 39.0 Å². The van der Waals surface area contributed by atoms with Crippen LogP contribution in [0.4, 0.5) is 0 Å². The smallest absolute Gasteiger partial charge is 0.289 e. The second kappa shape index (κ2) is 7.84. The van der Waals surface area contributed by atoms with E-state index in [4.69, 9.17) is 11.2 Å². The van der Waals surface area contributed by atoms with Gasteiger partial charge in [0.05, 0.1) is 0 Å². The summed E-state index contributed by atoms with van der Waals surface area (Å²) in [6.07, 6.45) is 7.58. The third-order valence-corrected chi connectivity index (χ3v) is 4.37. The number of halogens is 1. The van der Waals surface area contributed by atoms with Crippen molar-refractivity contribution in [3.63, 3.8) is 0 Å². The van der Waals surface area contributed by atoms with Crippen molar-refractivity contribution >= 4 is 18.0 Å². The van der Waals surface area contributed by atoms with E-state index >= 15 is 0 Å². The Labute approximate surface area is 86.2 Å². The monoisotopic (exact) mass is 226 g/mol. The fraction of sp³-hybridized carbons (Fsp3) is 1.00. The van der Waals surface area contributed by atoms with Crippen molar-refractivity contribution in [1.29, 1.82) is 0 Å². The van der Waals surface area contributed by atoms with Gasteiger partial charge < -0.3 is 4.52 Å². The molecule has 1 atom stereocenters. The van der Waals surface area contributed by atoms with Crippen molar-refractivity contribution in [3.8, 4) is 0 Å². The molecule has 0 N–H and O–H groups in total. The highest BCUT2D eigenvalue weighted by atomic mass is 35.7. The van der Waals surface area contributed by atoms with Gasteiger partial charge in [-0.3, -0.25) is 4.57 Å². The minimum absolute atomic E-state index is 0.511. The first kappa shape index (κ1) is 13.5. The van der Waals surface area contributed by atoms with Crippen molar-refractivity contribution in [2.75, 3.05) is 13.3 Å². The average Bonchev–Trinajstić information content (AvgIpc) is 2.11. The summed E-state index contributed by atoms with van der Waals surface area (Å²) in [5.74, 6) is 0. The van der Waals surface area contributed by atoms with E-state index in [0.717, 1.165) is 12.8 Å². The van der Waals surface area contributed by atoms with E-state index in [-0.39, 0.29) is 0 Å². The molecule has 0 aromatic rings. The van der Waals surface area contributed by atoms with Crippen LogP contribution in [0.2, 0.25) is 0 Å². The summed E-state index contributed by atoms with van der Waals surface area (Å²) < 4.78 is 15.9. The molecule has 0 radical (unpaired) electrons. The lowest BCUT2D eigenvalue weighted by Crippen LogP contribution is -1.87. The first-order chi connectivity index (χ1) is 6.12. The van der Waals surface area contributed by atoms with Crippen LogP contribution in [-0.4, -0.2) is 13.3 Å². The highest BCUT2D eigenvalue weighted by Crippen LogP contribution is 2.52. The topological polar surface area (TPSA) is 26.3 Å². The predicted octanol–water partition coefficient (Wildman–Crippen LogP) is 4.43. The molecule has 4 heteroatoms. The Hall–Kier alpha value is 0.480. The van der Waals surface area contributed by atoms with Crippen LogP contribution >= 0.6 is 18.0 Å². The Bertz CT molecular complexity index is 162. The summed E-state index contributed by atoms with van der Waals surface area (Å²) in [4.78, 5) is 0. The number of rotatable bonds is 8.